The van der Waals surface area contributed by atoms with Crippen LogP contribution in [-0.4, -0.2) is 40.7 Å². The molecule has 14 heavy (non-hydrogen) atoms. The molecule has 1 aliphatic rings. The van der Waals surface area contributed by atoms with Gasteiger partial charge >= 0.3 is 12.1 Å². The highest BCUT2D eigenvalue weighted by atomic mass is 79.9. The maximum atomic E-state index is 12.0. The van der Waals surface area contributed by atoms with Crippen LogP contribution in [0.3, 0.4) is 0 Å². The first-order valence-electron chi connectivity index (χ1n) is 3.85. The average molecular weight is 274 g/mol. The van der Waals surface area contributed by atoms with E-state index >= 15 is 0 Å². The minimum absolute atomic E-state index is 0.0300. The molecule has 1 aliphatic heterocycles. The number of ketones is 1. The summed E-state index contributed by atoms with van der Waals surface area (Å²) in [5.74, 6) is -2.05. The van der Waals surface area contributed by atoms with Gasteiger partial charge in [0.25, 0.3) is 0 Å². The molecule has 0 saturated carbocycles. The second kappa shape index (κ2) is 3.88. The zero-order valence-electron chi connectivity index (χ0n) is 6.97. The van der Waals surface area contributed by atoms with E-state index in [0.29, 0.717) is 4.90 Å². The van der Waals surface area contributed by atoms with Crippen molar-refractivity contribution in [3.8, 4) is 0 Å². The minimum Gasteiger partial charge on any atom is -0.333 e. The number of alkyl halides is 4. The molecule has 0 aromatic rings. The Labute approximate surface area is 86.4 Å². The Morgan fingerprint density at radius 1 is 1.50 bits per heavy atom. The van der Waals surface area contributed by atoms with E-state index < -0.39 is 16.9 Å². The van der Waals surface area contributed by atoms with Crippen LogP contribution in [0.15, 0.2) is 0 Å². The van der Waals surface area contributed by atoms with Crippen LogP contribution in [0.4, 0.5) is 13.2 Å². The van der Waals surface area contributed by atoms with Crippen LogP contribution in [0.2, 0.25) is 0 Å². The maximum absolute atomic E-state index is 12.0. The summed E-state index contributed by atoms with van der Waals surface area (Å²) in [7, 11) is 0. The Bertz CT molecular complexity index is 266. The molecule has 1 heterocycles. The lowest BCUT2D eigenvalue weighted by molar-refractivity contribution is -0.186. The van der Waals surface area contributed by atoms with Crippen molar-refractivity contribution >= 4 is 27.6 Å². The number of hydrogen-bond donors (Lipinski definition) is 0. The SMILES string of the molecule is O=C1CCN(C(=O)C(F)(F)F)C[C@H]1Br. The number of likely N-dealkylation sites (tertiary alicyclic amines) is 1. The maximum Gasteiger partial charge on any atom is 0.471 e. The van der Waals surface area contributed by atoms with Crippen LogP contribution >= 0.6 is 15.9 Å². The van der Waals surface area contributed by atoms with Gasteiger partial charge in [-0.15, -0.1) is 0 Å². The fourth-order valence-electron chi connectivity index (χ4n) is 1.15. The van der Waals surface area contributed by atoms with Crippen molar-refractivity contribution in [3.05, 3.63) is 0 Å². The Kier molecular flexibility index (Phi) is 3.18. The largest absolute Gasteiger partial charge is 0.471 e. The van der Waals surface area contributed by atoms with Gasteiger partial charge in [-0.05, 0) is 0 Å². The Balaban J connectivity index is 2.64. The summed E-state index contributed by atoms with van der Waals surface area (Å²) in [6.45, 7) is -0.365. The van der Waals surface area contributed by atoms with E-state index in [4.69, 9.17) is 0 Å². The van der Waals surface area contributed by atoms with Gasteiger partial charge < -0.3 is 4.90 Å². The predicted octanol–water partition coefficient (Wildman–Crippen LogP) is 1.11. The third kappa shape index (κ3) is 2.46. The summed E-state index contributed by atoms with van der Waals surface area (Å²) in [6.07, 6.45) is -4.88. The number of hydrogen-bond acceptors (Lipinski definition) is 2. The van der Waals surface area contributed by atoms with E-state index in [1.807, 2.05) is 0 Å². The highest BCUT2D eigenvalue weighted by Crippen LogP contribution is 2.22. The van der Waals surface area contributed by atoms with E-state index in [2.05, 4.69) is 15.9 Å². The highest BCUT2D eigenvalue weighted by Gasteiger charge is 2.44. The first-order valence-corrected chi connectivity index (χ1v) is 4.77. The van der Waals surface area contributed by atoms with Crippen molar-refractivity contribution in [2.45, 2.75) is 17.4 Å². The third-order valence-corrected chi connectivity index (χ3v) is 2.69. The number of carbonyl (C=O) groups is 2. The Hall–Kier alpha value is -0.590. The molecule has 1 atom stereocenters. The Morgan fingerprint density at radius 2 is 2.07 bits per heavy atom. The number of piperidine rings is 1. The normalized spacial score (nSPS) is 23.9. The number of Topliss-reactive ketones (excluding diaryl/α,β-unsaturated/α-hetero) is 1. The Morgan fingerprint density at radius 3 is 2.50 bits per heavy atom. The van der Waals surface area contributed by atoms with Gasteiger partial charge in [0.05, 0.1) is 4.83 Å². The number of amides is 1. The summed E-state index contributed by atoms with van der Waals surface area (Å²) >= 11 is 2.92. The molecule has 0 aromatic carbocycles. The molecule has 0 radical (unpaired) electrons. The average Bonchev–Trinajstić information content (AvgIpc) is 2.07. The lowest BCUT2D eigenvalue weighted by Crippen LogP contribution is -2.49. The zero-order valence-corrected chi connectivity index (χ0v) is 8.56. The standard InChI is InChI=1S/C7H7BrF3NO2/c8-4-3-12(2-1-5(4)13)6(14)7(9,10)11/h4H,1-3H2/t4-/m1/s1. The second-order valence-electron chi connectivity index (χ2n) is 2.93. The molecule has 1 rings (SSSR count). The van der Waals surface area contributed by atoms with Crippen LogP contribution < -0.4 is 0 Å². The molecule has 1 amide bonds. The molecule has 3 nitrogen and oxygen atoms in total. The summed E-state index contributed by atoms with van der Waals surface area (Å²) in [4.78, 5) is 21.6. The first-order chi connectivity index (χ1) is 6.32. The van der Waals surface area contributed by atoms with Crippen molar-refractivity contribution in [2.75, 3.05) is 13.1 Å². The van der Waals surface area contributed by atoms with Gasteiger partial charge in [0.15, 0.2) is 0 Å². The van der Waals surface area contributed by atoms with Crippen LogP contribution in [0.1, 0.15) is 6.42 Å². The van der Waals surface area contributed by atoms with Crippen molar-refractivity contribution in [1.29, 1.82) is 0 Å². The van der Waals surface area contributed by atoms with Gasteiger partial charge in [-0.2, -0.15) is 13.2 Å². The van der Waals surface area contributed by atoms with Gasteiger partial charge in [0.1, 0.15) is 5.78 Å². The topological polar surface area (TPSA) is 37.4 Å². The van der Waals surface area contributed by atoms with Crippen molar-refractivity contribution in [2.24, 2.45) is 0 Å². The monoisotopic (exact) mass is 273 g/mol. The molecular weight excluding hydrogens is 267 g/mol. The van der Waals surface area contributed by atoms with Gasteiger partial charge in [0.2, 0.25) is 0 Å². The predicted molar refractivity (Wildman–Crippen MR) is 45.0 cm³/mol. The van der Waals surface area contributed by atoms with E-state index in [9.17, 15) is 22.8 Å². The van der Waals surface area contributed by atoms with Crippen molar-refractivity contribution in [1.82, 2.24) is 4.90 Å². The van der Waals surface area contributed by atoms with E-state index in [0.717, 1.165) is 0 Å². The molecule has 0 N–H and O–H groups in total. The lowest BCUT2D eigenvalue weighted by atomic mass is 10.1. The smallest absolute Gasteiger partial charge is 0.333 e. The zero-order chi connectivity index (χ0) is 10.9. The molecule has 0 unspecified atom stereocenters. The van der Waals surface area contributed by atoms with Crippen LogP contribution in [0, 0.1) is 0 Å². The van der Waals surface area contributed by atoms with E-state index in [1.54, 1.807) is 0 Å². The summed E-state index contributed by atoms with van der Waals surface area (Å²) in [5.41, 5.74) is 0. The number of carbonyl (C=O) groups excluding carboxylic acids is 2. The molecule has 1 saturated heterocycles. The number of halogens is 4. The molecular formula is C7H7BrF3NO2. The molecule has 1 fully saturated rings. The molecule has 0 aliphatic carbocycles. The second-order valence-corrected chi connectivity index (χ2v) is 4.04. The van der Waals surface area contributed by atoms with E-state index in [1.165, 1.54) is 0 Å². The van der Waals surface area contributed by atoms with Crippen molar-refractivity contribution < 1.29 is 22.8 Å². The van der Waals surface area contributed by atoms with E-state index in [-0.39, 0.29) is 25.3 Å². The minimum atomic E-state index is -4.85. The molecule has 0 spiro atoms. The van der Waals surface area contributed by atoms with Gasteiger partial charge in [-0.25, -0.2) is 0 Å². The lowest BCUT2D eigenvalue weighted by Gasteiger charge is -2.29. The molecule has 0 aromatic heterocycles. The van der Waals surface area contributed by atoms with Crippen LogP contribution in [0.5, 0.6) is 0 Å². The third-order valence-electron chi connectivity index (χ3n) is 1.89. The van der Waals surface area contributed by atoms with Gasteiger partial charge in [0, 0.05) is 19.5 Å². The molecule has 80 valence electrons. The summed E-state index contributed by atoms with van der Waals surface area (Å²) in [5, 5.41) is 0. The molecule has 0 bridgehead atoms. The summed E-state index contributed by atoms with van der Waals surface area (Å²) in [6, 6.07) is 0. The van der Waals surface area contributed by atoms with Gasteiger partial charge in [-0.1, -0.05) is 15.9 Å². The highest BCUT2D eigenvalue weighted by molar-refractivity contribution is 9.10. The first kappa shape index (κ1) is 11.5. The van der Waals surface area contributed by atoms with Crippen molar-refractivity contribution in [3.63, 3.8) is 0 Å². The summed E-state index contributed by atoms with van der Waals surface area (Å²) < 4.78 is 35.9. The number of rotatable bonds is 0. The van der Waals surface area contributed by atoms with Crippen LogP contribution in [0.25, 0.3) is 0 Å². The fraction of sp³-hybridized carbons (Fsp3) is 0.714. The fourth-order valence-corrected chi connectivity index (χ4v) is 1.73. The molecule has 7 heteroatoms. The number of nitrogens with zero attached hydrogens (tertiary/aromatic N) is 1. The quantitative estimate of drug-likeness (QED) is 0.621. The van der Waals surface area contributed by atoms with Gasteiger partial charge in [-0.3, -0.25) is 9.59 Å². The van der Waals surface area contributed by atoms with Crippen LogP contribution in [-0.2, 0) is 9.59 Å².